The quantitative estimate of drug-likeness (QED) is 0.840. The molecule has 0 bridgehead atoms. The Bertz CT molecular complexity index is 483. The summed E-state index contributed by atoms with van der Waals surface area (Å²) >= 11 is 0. The monoisotopic (exact) mass is 274 g/mol. The predicted octanol–water partition coefficient (Wildman–Crippen LogP) is 1.62. The third kappa shape index (κ3) is 2.76. The molecule has 0 radical (unpaired) electrons. The Labute approximate surface area is 120 Å². The molecule has 0 N–H and O–H groups in total. The summed E-state index contributed by atoms with van der Waals surface area (Å²) in [6.45, 7) is 3.71. The molecule has 0 aromatic carbocycles. The molecular formula is C15H22N4O. The van der Waals surface area contributed by atoms with Crippen molar-refractivity contribution in [3.05, 3.63) is 18.0 Å². The maximum absolute atomic E-state index is 12.2. The van der Waals surface area contributed by atoms with Gasteiger partial charge in [0.15, 0.2) is 0 Å². The molecule has 2 fully saturated rings. The van der Waals surface area contributed by atoms with Gasteiger partial charge in [0, 0.05) is 44.5 Å². The van der Waals surface area contributed by atoms with Crippen LogP contribution in [0.5, 0.6) is 0 Å². The van der Waals surface area contributed by atoms with E-state index in [1.807, 2.05) is 31.3 Å². The Balaban J connectivity index is 1.66. The molecule has 5 nitrogen and oxygen atoms in total. The molecule has 1 atom stereocenters. The lowest BCUT2D eigenvalue weighted by Crippen LogP contribution is -2.49. The highest BCUT2D eigenvalue weighted by Crippen LogP contribution is 2.32. The number of amides is 1. The first-order chi connectivity index (χ1) is 9.65. The van der Waals surface area contributed by atoms with Gasteiger partial charge in [-0.15, -0.1) is 0 Å². The van der Waals surface area contributed by atoms with Crippen LogP contribution < -0.4 is 4.90 Å². The number of hydrogen-bond donors (Lipinski definition) is 0. The summed E-state index contributed by atoms with van der Waals surface area (Å²) in [4.78, 5) is 25.1. The van der Waals surface area contributed by atoms with Gasteiger partial charge in [0.1, 0.15) is 0 Å². The normalized spacial score (nSPS) is 22.7. The summed E-state index contributed by atoms with van der Waals surface area (Å²) in [5.41, 5.74) is 1.07. The lowest BCUT2D eigenvalue weighted by atomic mass is 10.0. The zero-order valence-corrected chi connectivity index (χ0v) is 12.2. The average molecular weight is 274 g/mol. The molecule has 1 saturated heterocycles. The summed E-state index contributed by atoms with van der Waals surface area (Å²) in [5, 5.41) is 0. The van der Waals surface area contributed by atoms with E-state index in [0.29, 0.717) is 17.9 Å². The maximum Gasteiger partial charge on any atom is 0.225 e. The number of piperidine rings is 1. The van der Waals surface area contributed by atoms with Crippen molar-refractivity contribution in [3.8, 4) is 0 Å². The number of anilines is 1. The zero-order valence-electron chi connectivity index (χ0n) is 12.2. The van der Waals surface area contributed by atoms with Crippen molar-refractivity contribution >= 4 is 11.9 Å². The standard InChI is InChI=1S/C15H22N4O/c1-11-8-16-15(17-9-11)18(2)13-4-3-7-19(10-13)14(20)12-5-6-12/h8-9,12-13H,3-7,10H2,1-2H3. The highest BCUT2D eigenvalue weighted by molar-refractivity contribution is 5.81. The van der Waals surface area contributed by atoms with Crippen LogP contribution in [0.3, 0.4) is 0 Å². The predicted molar refractivity (Wildman–Crippen MR) is 77.5 cm³/mol. The lowest BCUT2D eigenvalue weighted by Gasteiger charge is -2.37. The molecule has 0 spiro atoms. The minimum Gasteiger partial charge on any atom is -0.340 e. The van der Waals surface area contributed by atoms with Crippen molar-refractivity contribution in [2.24, 2.45) is 5.92 Å². The molecule has 108 valence electrons. The number of aromatic nitrogens is 2. The Morgan fingerprint density at radius 2 is 2.00 bits per heavy atom. The van der Waals surface area contributed by atoms with Gasteiger partial charge >= 0.3 is 0 Å². The second-order valence-electron chi connectivity index (χ2n) is 6.03. The van der Waals surface area contributed by atoms with Crippen LogP contribution >= 0.6 is 0 Å². The van der Waals surface area contributed by atoms with Crippen LogP contribution in [-0.4, -0.2) is 47.0 Å². The van der Waals surface area contributed by atoms with Crippen molar-refractivity contribution in [2.45, 2.75) is 38.6 Å². The molecule has 1 saturated carbocycles. The lowest BCUT2D eigenvalue weighted by molar-refractivity contribution is -0.133. The minimum atomic E-state index is 0.315. The van der Waals surface area contributed by atoms with Gasteiger partial charge in [-0.2, -0.15) is 0 Å². The second kappa shape index (κ2) is 5.38. The van der Waals surface area contributed by atoms with Crippen LogP contribution in [0.4, 0.5) is 5.95 Å². The van der Waals surface area contributed by atoms with Gasteiger partial charge < -0.3 is 9.80 Å². The molecule has 1 aromatic rings. The van der Waals surface area contributed by atoms with E-state index < -0.39 is 0 Å². The fraction of sp³-hybridized carbons (Fsp3) is 0.667. The number of hydrogen-bond acceptors (Lipinski definition) is 4. The molecule has 1 aliphatic carbocycles. The molecule has 1 amide bonds. The number of likely N-dealkylation sites (tertiary alicyclic amines) is 1. The van der Waals surface area contributed by atoms with E-state index in [-0.39, 0.29) is 0 Å². The number of carbonyl (C=O) groups excluding carboxylic acids is 1. The summed E-state index contributed by atoms with van der Waals surface area (Å²) in [7, 11) is 2.03. The van der Waals surface area contributed by atoms with Crippen molar-refractivity contribution in [2.75, 3.05) is 25.0 Å². The molecule has 5 heteroatoms. The molecule has 2 heterocycles. The van der Waals surface area contributed by atoms with Crippen molar-refractivity contribution in [3.63, 3.8) is 0 Å². The van der Waals surface area contributed by atoms with E-state index in [2.05, 4.69) is 14.9 Å². The van der Waals surface area contributed by atoms with Crippen LogP contribution in [0.2, 0.25) is 0 Å². The molecule has 1 aliphatic heterocycles. The minimum absolute atomic E-state index is 0.315. The zero-order chi connectivity index (χ0) is 14.1. The highest BCUT2D eigenvalue weighted by Gasteiger charge is 2.36. The summed E-state index contributed by atoms with van der Waals surface area (Å²) in [5.74, 6) is 1.42. The Hall–Kier alpha value is -1.65. The van der Waals surface area contributed by atoms with Crippen LogP contribution in [-0.2, 0) is 4.79 Å². The van der Waals surface area contributed by atoms with Crippen LogP contribution in [0.1, 0.15) is 31.2 Å². The van der Waals surface area contributed by atoms with Gasteiger partial charge in [0.05, 0.1) is 0 Å². The topological polar surface area (TPSA) is 49.3 Å². The molecule has 3 rings (SSSR count). The number of rotatable bonds is 3. The summed E-state index contributed by atoms with van der Waals surface area (Å²) < 4.78 is 0. The van der Waals surface area contributed by atoms with E-state index in [1.54, 1.807) is 0 Å². The smallest absolute Gasteiger partial charge is 0.225 e. The van der Waals surface area contributed by atoms with Crippen LogP contribution in [0, 0.1) is 12.8 Å². The number of aryl methyl sites for hydroxylation is 1. The third-order valence-corrected chi connectivity index (χ3v) is 4.27. The molecule has 20 heavy (non-hydrogen) atoms. The van der Waals surface area contributed by atoms with Gasteiger partial charge in [-0.3, -0.25) is 4.79 Å². The second-order valence-corrected chi connectivity index (χ2v) is 6.03. The summed E-state index contributed by atoms with van der Waals surface area (Å²) in [6.07, 6.45) is 8.01. The van der Waals surface area contributed by atoms with E-state index in [0.717, 1.165) is 50.3 Å². The van der Waals surface area contributed by atoms with E-state index >= 15 is 0 Å². The summed E-state index contributed by atoms with van der Waals surface area (Å²) in [6, 6.07) is 0.328. The fourth-order valence-corrected chi connectivity index (χ4v) is 2.79. The van der Waals surface area contributed by atoms with Gasteiger partial charge in [-0.25, -0.2) is 9.97 Å². The van der Waals surface area contributed by atoms with Crippen LogP contribution in [0.25, 0.3) is 0 Å². The number of likely N-dealkylation sites (N-methyl/N-ethyl adjacent to an activating group) is 1. The van der Waals surface area contributed by atoms with Crippen LogP contribution in [0.15, 0.2) is 12.4 Å². The van der Waals surface area contributed by atoms with Gasteiger partial charge in [0.25, 0.3) is 0 Å². The largest absolute Gasteiger partial charge is 0.340 e. The highest BCUT2D eigenvalue weighted by atomic mass is 16.2. The van der Waals surface area contributed by atoms with Gasteiger partial charge in [-0.1, -0.05) is 0 Å². The number of nitrogens with zero attached hydrogens (tertiary/aromatic N) is 4. The molecule has 2 aliphatic rings. The van der Waals surface area contributed by atoms with E-state index in [4.69, 9.17) is 0 Å². The maximum atomic E-state index is 12.2. The molecule has 1 unspecified atom stereocenters. The first kappa shape index (κ1) is 13.3. The van der Waals surface area contributed by atoms with Gasteiger partial charge in [-0.05, 0) is 38.2 Å². The molecule has 1 aromatic heterocycles. The van der Waals surface area contributed by atoms with Crippen molar-refractivity contribution in [1.29, 1.82) is 0 Å². The van der Waals surface area contributed by atoms with Crippen molar-refractivity contribution < 1.29 is 4.79 Å². The Kier molecular flexibility index (Phi) is 3.59. The number of carbonyl (C=O) groups is 1. The van der Waals surface area contributed by atoms with Crippen molar-refractivity contribution in [1.82, 2.24) is 14.9 Å². The van der Waals surface area contributed by atoms with Gasteiger partial charge in [0.2, 0.25) is 11.9 Å². The average Bonchev–Trinajstić information content (AvgIpc) is 3.31. The first-order valence-electron chi connectivity index (χ1n) is 7.45. The third-order valence-electron chi connectivity index (χ3n) is 4.27. The first-order valence-corrected chi connectivity index (χ1v) is 7.45. The fourth-order valence-electron chi connectivity index (χ4n) is 2.79. The Morgan fingerprint density at radius 3 is 2.65 bits per heavy atom. The van der Waals surface area contributed by atoms with E-state index in [1.165, 1.54) is 0 Å². The Morgan fingerprint density at radius 1 is 1.30 bits per heavy atom. The SMILES string of the molecule is Cc1cnc(N(C)C2CCCN(C(=O)C3CC3)C2)nc1. The van der Waals surface area contributed by atoms with E-state index in [9.17, 15) is 4.79 Å². The molecular weight excluding hydrogens is 252 g/mol.